The summed E-state index contributed by atoms with van der Waals surface area (Å²) in [5.41, 5.74) is 0. The van der Waals surface area contributed by atoms with Crippen LogP contribution in [0.4, 0.5) is 0 Å². The minimum atomic E-state index is 0.398. The maximum atomic E-state index is 9.73. The second kappa shape index (κ2) is 4.24. The van der Waals surface area contributed by atoms with E-state index in [9.17, 15) is 4.79 Å². The van der Waals surface area contributed by atoms with E-state index in [1.807, 2.05) is 6.92 Å². The van der Waals surface area contributed by atoms with E-state index in [0.29, 0.717) is 18.2 Å². The molecule has 0 aromatic rings. The molecule has 0 spiro atoms. The van der Waals surface area contributed by atoms with Crippen LogP contribution in [0, 0.1) is 11.8 Å². The minimum Gasteiger partial charge on any atom is -0.276 e. The average molecular weight is 127 g/mol. The zero-order valence-electron chi connectivity index (χ0n) is 6.16. The lowest BCUT2D eigenvalue weighted by atomic mass is 10.00. The van der Waals surface area contributed by atoms with Gasteiger partial charge in [0.05, 0.1) is 0 Å². The molecule has 0 fully saturated rings. The van der Waals surface area contributed by atoms with Crippen molar-refractivity contribution in [1.29, 1.82) is 0 Å². The Morgan fingerprint density at radius 1 is 1.33 bits per heavy atom. The first kappa shape index (κ1) is 8.34. The van der Waals surface area contributed by atoms with Gasteiger partial charge in [-0.05, 0) is 11.8 Å². The molecule has 0 heterocycles. The summed E-state index contributed by atoms with van der Waals surface area (Å²) in [6.45, 7) is 6.24. The topological polar surface area (TPSA) is 29.4 Å². The van der Waals surface area contributed by atoms with E-state index in [-0.39, 0.29) is 0 Å². The van der Waals surface area contributed by atoms with E-state index in [2.05, 4.69) is 18.8 Å². The van der Waals surface area contributed by atoms with Crippen LogP contribution in [0.1, 0.15) is 20.8 Å². The second-order valence-electron chi connectivity index (χ2n) is 2.51. The van der Waals surface area contributed by atoms with Gasteiger partial charge in [-0.1, -0.05) is 20.8 Å². The molecule has 0 saturated heterocycles. The van der Waals surface area contributed by atoms with Crippen molar-refractivity contribution in [3.05, 3.63) is 0 Å². The summed E-state index contributed by atoms with van der Waals surface area (Å²) in [5.74, 6) is 0.962. The zero-order valence-corrected chi connectivity index (χ0v) is 6.16. The maximum absolute atomic E-state index is 9.73. The van der Waals surface area contributed by atoms with Gasteiger partial charge in [0.2, 0.25) is 6.41 Å². The van der Waals surface area contributed by atoms with Crippen LogP contribution in [0.25, 0.3) is 0 Å². The summed E-state index contributed by atoms with van der Waals surface area (Å²) < 4.78 is 0. The third-order valence-electron chi connectivity index (χ3n) is 1.43. The Kier molecular flexibility index (Phi) is 3.93. The lowest BCUT2D eigenvalue weighted by molar-refractivity contribution is -0.106. The fourth-order valence-electron chi connectivity index (χ4n) is 0.343. The van der Waals surface area contributed by atoms with Crippen molar-refractivity contribution in [3.8, 4) is 0 Å². The Morgan fingerprint density at radius 2 is 1.89 bits per heavy atom. The van der Waals surface area contributed by atoms with Gasteiger partial charge < -0.3 is 0 Å². The standard InChI is InChI=1S/C7H13NO/c1-6(2)7(3)4-8-5-9/h4-7H,1-3H3. The van der Waals surface area contributed by atoms with Gasteiger partial charge in [-0.25, -0.2) is 4.99 Å². The highest BCUT2D eigenvalue weighted by atomic mass is 16.1. The number of rotatable bonds is 3. The van der Waals surface area contributed by atoms with Crippen LogP contribution in [0.2, 0.25) is 0 Å². The van der Waals surface area contributed by atoms with Gasteiger partial charge in [0.1, 0.15) is 0 Å². The van der Waals surface area contributed by atoms with Gasteiger partial charge in [-0.2, -0.15) is 0 Å². The Morgan fingerprint density at radius 3 is 2.22 bits per heavy atom. The Balaban J connectivity index is 3.61. The molecule has 0 aliphatic carbocycles. The first-order valence-corrected chi connectivity index (χ1v) is 3.15. The number of nitrogens with zero attached hydrogens (tertiary/aromatic N) is 1. The fraction of sp³-hybridized carbons (Fsp3) is 0.714. The molecule has 2 heteroatoms. The van der Waals surface area contributed by atoms with Crippen molar-refractivity contribution in [3.63, 3.8) is 0 Å². The summed E-state index contributed by atoms with van der Waals surface area (Å²) in [6.07, 6.45) is 2.25. The number of hydrogen-bond acceptors (Lipinski definition) is 1. The first-order valence-electron chi connectivity index (χ1n) is 3.15. The normalized spacial score (nSPS) is 14.7. The van der Waals surface area contributed by atoms with Gasteiger partial charge in [-0.3, -0.25) is 4.79 Å². The SMILES string of the molecule is CC(C)C(C)C=NC=O. The number of carbonyl (C=O) groups is 1. The summed E-state index contributed by atoms with van der Waals surface area (Å²) in [7, 11) is 0. The van der Waals surface area contributed by atoms with Crippen LogP contribution >= 0.6 is 0 Å². The van der Waals surface area contributed by atoms with Crippen LogP contribution < -0.4 is 0 Å². The Labute approximate surface area is 56.0 Å². The monoisotopic (exact) mass is 127 g/mol. The van der Waals surface area contributed by atoms with Crippen molar-refractivity contribution < 1.29 is 4.79 Å². The third-order valence-corrected chi connectivity index (χ3v) is 1.43. The molecule has 1 amide bonds. The summed E-state index contributed by atoms with van der Waals surface area (Å²) in [6, 6.07) is 0. The van der Waals surface area contributed by atoms with Gasteiger partial charge in [-0.15, -0.1) is 0 Å². The van der Waals surface area contributed by atoms with Crippen molar-refractivity contribution in [2.75, 3.05) is 0 Å². The maximum Gasteiger partial charge on any atom is 0.232 e. The highest BCUT2D eigenvalue weighted by Crippen LogP contribution is 2.05. The van der Waals surface area contributed by atoms with Crippen LogP contribution in [-0.2, 0) is 4.79 Å². The number of carbonyl (C=O) groups excluding carboxylic acids is 1. The molecule has 1 atom stereocenters. The average Bonchev–Trinajstić information content (AvgIpc) is 1.82. The van der Waals surface area contributed by atoms with E-state index in [4.69, 9.17) is 0 Å². The lowest BCUT2D eigenvalue weighted by Gasteiger charge is -2.06. The largest absolute Gasteiger partial charge is 0.276 e. The van der Waals surface area contributed by atoms with E-state index in [1.165, 1.54) is 0 Å². The smallest absolute Gasteiger partial charge is 0.232 e. The first-order chi connectivity index (χ1) is 4.18. The molecule has 0 rings (SSSR count). The summed E-state index contributed by atoms with van der Waals surface area (Å²) >= 11 is 0. The van der Waals surface area contributed by atoms with E-state index < -0.39 is 0 Å². The predicted molar refractivity (Wildman–Crippen MR) is 38.6 cm³/mol. The van der Waals surface area contributed by atoms with Crippen LogP contribution in [0.15, 0.2) is 4.99 Å². The van der Waals surface area contributed by atoms with Crippen LogP contribution in [0.5, 0.6) is 0 Å². The molecule has 0 saturated carbocycles. The van der Waals surface area contributed by atoms with Gasteiger partial charge >= 0.3 is 0 Å². The van der Waals surface area contributed by atoms with Crippen molar-refractivity contribution in [2.45, 2.75) is 20.8 Å². The molecule has 0 radical (unpaired) electrons. The van der Waals surface area contributed by atoms with Crippen molar-refractivity contribution in [2.24, 2.45) is 16.8 Å². The molecule has 0 aliphatic rings. The Bertz CT molecular complexity index is 107. The molecule has 0 aromatic carbocycles. The third kappa shape index (κ3) is 3.88. The molecule has 1 unspecified atom stereocenters. The van der Waals surface area contributed by atoms with Gasteiger partial charge in [0.15, 0.2) is 0 Å². The molecule has 0 N–H and O–H groups in total. The molecule has 9 heavy (non-hydrogen) atoms. The van der Waals surface area contributed by atoms with E-state index in [1.54, 1.807) is 6.21 Å². The molecule has 0 aromatic heterocycles. The van der Waals surface area contributed by atoms with Crippen LogP contribution in [-0.4, -0.2) is 12.6 Å². The molecular weight excluding hydrogens is 114 g/mol. The number of amides is 1. The highest BCUT2D eigenvalue weighted by Gasteiger charge is 2.01. The minimum absolute atomic E-state index is 0.398. The second-order valence-corrected chi connectivity index (χ2v) is 2.51. The fourth-order valence-corrected chi connectivity index (χ4v) is 0.343. The summed E-state index contributed by atoms with van der Waals surface area (Å²) in [4.78, 5) is 13.2. The molecule has 52 valence electrons. The predicted octanol–water partition coefficient (Wildman–Crippen LogP) is 1.51. The van der Waals surface area contributed by atoms with E-state index >= 15 is 0 Å². The quantitative estimate of drug-likeness (QED) is 0.417. The lowest BCUT2D eigenvalue weighted by Crippen LogP contribution is -2.04. The van der Waals surface area contributed by atoms with Gasteiger partial charge in [0.25, 0.3) is 0 Å². The molecule has 0 aliphatic heterocycles. The Hall–Kier alpha value is -0.660. The number of aliphatic imine (C=N–C) groups is 1. The molecule has 2 nitrogen and oxygen atoms in total. The van der Waals surface area contributed by atoms with Gasteiger partial charge in [0, 0.05) is 6.21 Å². The van der Waals surface area contributed by atoms with Crippen molar-refractivity contribution in [1.82, 2.24) is 0 Å². The summed E-state index contributed by atoms with van der Waals surface area (Å²) in [5, 5.41) is 0. The van der Waals surface area contributed by atoms with Crippen molar-refractivity contribution >= 4 is 12.6 Å². The number of hydrogen-bond donors (Lipinski definition) is 0. The molecule has 0 bridgehead atoms. The van der Waals surface area contributed by atoms with E-state index in [0.717, 1.165) is 0 Å². The zero-order chi connectivity index (χ0) is 7.28. The highest BCUT2D eigenvalue weighted by molar-refractivity contribution is 5.70. The molecular formula is C7H13NO. The van der Waals surface area contributed by atoms with Crippen LogP contribution in [0.3, 0.4) is 0 Å².